The van der Waals surface area contributed by atoms with Gasteiger partial charge in [0.1, 0.15) is 0 Å². The van der Waals surface area contributed by atoms with Crippen LogP contribution in [-0.4, -0.2) is 61.0 Å². The van der Waals surface area contributed by atoms with Gasteiger partial charge in [-0.15, -0.1) is 11.3 Å². The van der Waals surface area contributed by atoms with Crippen LogP contribution in [0.15, 0.2) is 17.5 Å². The molecule has 0 saturated carbocycles. The molecule has 3 fully saturated rings. The van der Waals surface area contributed by atoms with E-state index in [1.807, 2.05) is 27.3 Å². The summed E-state index contributed by atoms with van der Waals surface area (Å²) in [5.74, 6) is 0.270. The maximum atomic E-state index is 13.1. The Morgan fingerprint density at radius 2 is 1.92 bits per heavy atom. The van der Waals surface area contributed by atoms with Crippen molar-refractivity contribution in [2.24, 2.45) is 11.3 Å². The van der Waals surface area contributed by atoms with Crippen molar-refractivity contribution < 1.29 is 14.3 Å². The first-order valence-electron chi connectivity index (χ1n) is 8.89. The lowest BCUT2D eigenvalue weighted by Gasteiger charge is -2.38. The number of hydrogen-bond donors (Lipinski definition) is 0. The van der Waals surface area contributed by atoms with Crippen LogP contribution >= 0.6 is 11.3 Å². The summed E-state index contributed by atoms with van der Waals surface area (Å²) in [4.78, 5) is 30.6. The van der Waals surface area contributed by atoms with Crippen LogP contribution in [0, 0.1) is 11.3 Å². The van der Waals surface area contributed by atoms with Crippen LogP contribution < -0.4 is 0 Å². The van der Waals surface area contributed by atoms with Crippen LogP contribution in [0.4, 0.5) is 0 Å². The van der Waals surface area contributed by atoms with Crippen molar-refractivity contribution in [3.05, 3.63) is 22.4 Å². The first kappa shape index (κ1) is 16.1. The lowest BCUT2D eigenvalue weighted by atomic mass is 9.71. The molecular weight excluding hydrogens is 324 g/mol. The van der Waals surface area contributed by atoms with Crippen molar-refractivity contribution in [2.45, 2.75) is 25.7 Å². The molecule has 1 atom stereocenters. The zero-order valence-corrected chi connectivity index (χ0v) is 14.7. The van der Waals surface area contributed by atoms with Gasteiger partial charge in [0, 0.05) is 44.8 Å². The van der Waals surface area contributed by atoms with Gasteiger partial charge in [0.15, 0.2) is 0 Å². The summed E-state index contributed by atoms with van der Waals surface area (Å²) in [5, 5.41) is 1.93. The summed E-state index contributed by atoms with van der Waals surface area (Å²) in [6.07, 6.45) is 3.97. The third-order valence-corrected chi connectivity index (χ3v) is 6.73. The third kappa shape index (κ3) is 2.75. The number of likely N-dealkylation sites (tertiary alicyclic amines) is 2. The van der Waals surface area contributed by atoms with Gasteiger partial charge in [-0.05, 0) is 37.1 Å². The quantitative estimate of drug-likeness (QED) is 0.824. The molecule has 0 aliphatic carbocycles. The number of ether oxygens (including phenoxy) is 1. The molecule has 130 valence electrons. The Hall–Kier alpha value is -1.40. The smallest absolute Gasteiger partial charge is 0.263 e. The van der Waals surface area contributed by atoms with Crippen LogP contribution in [0.1, 0.15) is 35.4 Å². The second-order valence-electron chi connectivity index (χ2n) is 7.22. The average molecular weight is 348 g/mol. The second kappa shape index (κ2) is 6.48. The topological polar surface area (TPSA) is 49.9 Å². The van der Waals surface area contributed by atoms with Crippen molar-refractivity contribution in [3.8, 4) is 0 Å². The molecule has 0 aromatic carbocycles. The largest absolute Gasteiger partial charge is 0.381 e. The lowest BCUT2D eigenvalue weighted by molar-refractivity contribution is -0.139. The van der Waals surface area contributed by atoms with Crippen molar-refractivity contribution in [3.63, 3.8) is 0 Å². The van der Waals surface area contributed by atoms with E-state index in [9.17, 15) is 9.59 Å². The van der Waals surface area contributed by atoms with E-state index >= 15 is 0 Å². The molecule has 3 aliphatic rings. The van der Waals surface area contributed by atoms with E-state index in [-0.39, 0.29) is 23.1 Å². The number of rotatable bonds is 2. The summed E-state index contributed by atoms with van der Waals surface area (Å²) in [7, 11) is 0. The number of carbonyl (C=O) groups is 2. The van der Waals surface area contributed by atoms with E-state index in [0.717, 1.165) is 43.6 Å². The fourth-order valence-electron chi connectivity index (χ4n) is 4.46. The Morgan fingerprint density at radius 3 is 2.58 bits per heavy atom. The van der Waals surface area contributed by atoms with Crippen LogP contribution in [0.25, 0.3) is 0 Å². The van der Waals surface area contributed by atoms with Crippen LogP contribution in [0.2, 0.25) is 0 Å². The number of thiophene rings is 1. The van der Waals surface area contributed by atoms with E-state index in [0.29, 0.717) is 26.3 Å². The third-order valence-electron chi connectivity index (χ3n) is 5.87. The summed E-state index contributed by atoms with van der Waals surface area (Å²) >= 11 is 1.48. The van der Waals surface area contributed by atoms with Crippen LogP contribution in [0.3, 0.4) is 0 Å². The van der Waals surface area contributed by atoms with Crippen LogP contribution in [0.5, 0.6) is 0 Å². The standard InChI is InChI=1S/C18H24N2O3S/c21-16(19-7-1-2-8-19)14-12-20(17(22)15-4-3-11-24-15)13-18(14)5-9-23-10-6-18/h3-4,11,14H,1-2,5-10,12-13H2. The molecule has 1 aromatic rings. The average Bonchev–Trinajstić information content (AvgIpc) is 3.35. The molecule has 4 rings (SSSR count). The van der Waals surface area contributed by atoms with Gasteiger partial charge in [0.05, 0.1) is 10.8 Å². The van der Waals surface area contributed by atoms with Gasteiger partial charge in [0.2, 0.25) is 5.91 Å². The molecule has 5 nitrogen and oxygen atoms in total. The van der Waals surface area contributed by atoms with Gasteiger partial charge in [-0.1, -0.05) is 6.07 Å². The maximum Gasteiger partial charge on any atom is 0.263 e. The van der Waals surface area contributed by atoms with Gasteiger partial charge in [-0.25, -0.2) is 0 Å². The second-order valence-corrected chi connectivity index (χ2v) is 8.17. The number of carbonyl (C=O) groups excluding carboxylic acids is 2. The molecule has 0 bridgehead atoms. The molecule has 3 saturated heterocycles. The zero-order chi connectivity index (χ0) is 16.6. The molecule has 1 spiro atoms. The zero-order valence-electron chi connectivity index (χ0n) is 13.9. The van der Waals surface area contributed by atoms with Gasteiger partial charge in [-0.2, -0.15) is 0 Å². The van der Waals surface area contributed by atoms with E-state index in [1.54, 1.807) is 0 Å². The van der Waals surface area contributed by atoms with Crippen LogP contribution in [-0.2, 0) is 9.53 Å². The van der Waals surface area contributed by atoms with Crippen molar-refractivity contribution >= 4 is 23.2 Å². The van der Waals surface area contributed by atoms with E-state index in [1.165, 1.54) is 11.3 Å². The molecule has 3 aliphatic heterocycles. The predicted molar refractivity (Wildman–Crippen MR) is 92.0 cm³/mol. The molecule has 2 amide bonds. The summed E-state index contributed by atoms with van der Waals surface area (Å²) in [6.45, 7) is 4.40. The minimum Gasteiger partial charge on any atom is -0.381 e. The fourth-order valence-corrected chi connectivity index (χ4v) is 5.15. The maximum absolute atomic E-state index is 13.1. The van der Waals surface area contributed by atoms with E-state index in [4.69, 9.17) is 4.74 Å². The molecule has 4 heterocycles. The highest BCUT2D eigenvalue weighted by atomic mass is 32.1. The Labute approximate surface area is 146 Å². The number of amides is 2. The van der Waals surface area contributed by atoms with Crippen molar-refractivity contribution in [1.82, 2.24) is 9.80 Å². The van der Waals surface area contributed by atoms with Gasteiger partial charge in [-0.3, -0.25) is 9.59 Å². The Balaban J connectivity index is 1.58. The monoisotopic (exact) mass is 348 g/mol. The SMILES string of the molecule is O=C(c1cccs1)N1CC(C(=O)N2CCCC2)C2(CCOCC2)C1. The van der Waals surface area contributed by atoms with E-state index in [2.05, 4.69) is 0 Å². The molecule has 0 radical (unpaired) electrons. The molecule has 6 heteroatoms. The first-order chi connectivity index (χ1) is 11.7. The minimum atomic E-state index is -0.0924. The van der Waals surface area contributed by atoms with Gasteiger partial charge >= 0.3 is 0 Å². The normalized spacial score (nSPS) is 26.2. The molecule has 0 N–H and O–H groups in total. The van der Waals surface area contributed by atoms with Gasteiger partial charge in [0.25, 0.3) is 5.91 Å². The van der Waals surface area contributed by atoms with Crippen molar-refractivity contribution in [2.75, 3.05) is 39.4 Å². The summed E-state index contributed by atoms with van der Waals surface area (Å²) in [5.41, 5.74) is -0.0924. The number of hydrogen-bond acceptors (Lipinski definition) is 4. The minimum absolute atomic E-state index is 0.0663. The molecular formula is C18H24N2O3S. The Kier molecular flexibility index (Phi) is 4.35. The predicted octanol–water partition coefficient (Wildman–Crippen LogP) is 2.24. The Morgan fingerprint density at radius 1 is 1.17 bits per heavy atom. The highest BCUT2D eigenvalue weighted by Crippen LogP contribution is 2.45. The number of nitrogens with zero attached hydrogens (tertiary/aromatic N) is 2. The first-order valence-corrected chi connectivity index (χ1v) is 9.77. The highest BCUT2D eigenvalue weighted by molar-refractivity contribution is 7.12. The lowest BCUT2D eigenvalue weighted by Crippen LogP contribution is -2.45. The summed E-state index contributed by atoms with van der Waals surface area (Å²) < 4.78 is 5.55. The van der Waals surface area contributed by atoms with Crippen molar-refractivity contribution in [1.29, 1.82) is 0 Å². The Bertz CT molecular complexity index is 604. The molecule has 1 unspecified atom stereocenters. The fraction of sp³-hybridized carbons (Fsp3) is 0.667. The van der Waals surface area contributed by atoms with Gasteiger partial charge < -0.3 is 14.5 Å². The van der Waals surface area contributed by atoms with E-state index < -0.39 is 0 Å². The summed E-state index contributed by atoms with van der Waals surface area (Å²) in [6, 6.07) is 3.78. The highest BCUT2D eigenvalue weighted by Gasteiger charge is 2.52. The molecule has 1 aromatic heterocycles. The molecule has 24 heavy (non-hydrogen) atoms.